The Morgan fingerprint density at radius 1 is 1.00 bits per heavy atom. The summed E-state index contributed by atoms with van der Waals surface area (Å²) in [7, 11) is 0. The van der Waals surface area contributed by atoms with E-state index in [1.165, 1.54) is 6.20 Å². The van der Waals surface area contributed by atoms with Gasteiger partial charge in [-0.2, -0.15) is 0 Å². The predicted molar refractivity (Wildman–Crippen MR) is 114 cm³/mol. The molecule has 0 saturated carbocycles. The van der Waals surface area contributed by atoms with E-state index in [0.29, 0.717) is 5.82 Å². The van der Waals surface area contributed by atoms with Crippen LogP contribution in [0.25, 0.3) is 0 Å². The summed E-state index contributed by atoms with van der Waals surface area (Å²) in [6, 6.07) is 14.2. The number of carbonyl (C=O) groups excluding carboxylic acids is 2. The second-order valence-corrected chi connectivity index (χ2v) is 7.12. The fraction of sp³-hybridized carbons (Fsp3) is 0.0952. The summed E-state index contributed by atoms with van der Waals surface area (Å²) in [5, 5.41) is 24.4. The van der Waals surface area contributed by atoms with Crippen LogP contribution in [-0.2, 0) is 11.2 Å². The number of amides is 2. The van der Waals surface area contributed by atoms with Gasteiger partial charge in [-0.1, -0.05) is 59.6 Å². The molecule has 3 rings (SSSR count). The molecule has 0 saturated heterocycles. The summed E-state index contributed by atoms with van der Waals surface area (Å²) in [4.78, 5) is 29.7. The molecule has 3 aromatic rings. The minimum absolute atomic E-state index is 0.186. The number of aromatic hydroxyl groups is 2. The minimum Gasteiger partial charge on any atom is -0.505 e. The van der Waals surface area contributed by atoms with Crippen molar-refractivity contribution in [2.75, 3.05) is 5.32 Å². The molecule has 0 aliphatic carbocycles. The zero-order valence-electron chi connectivity index (χ0n) is 15.5. The predicted octanol–water partition coefficient (Wildman–Crippen LogP) is 3.78. The first kappa shape index (κ1) is 21.4. The lowest BCUT2D eigenvalue weighted by atomic mass is 10.0. The van der Waals surface area contributed by atoms with Crippen molar-refractivity contribution < 1.29 is 19.8 Å². The normalized spacial score (nSPS) is 11.5. The number of pyridine rings is 1. The number of nitrogens with zero attached hydrogens (tertiary/aromatic N) is 1. The van der Waals surface area contributed by atoms with Gasteiger partial charge >= 0.3 is 0 Å². The van der Waals surface area contributed by atoms with Crippen molar-refractivity contribution in [2.45, 2.75) is 12.5 Å². The van der Waals surface area contributed by atoms with Crippen molar-refractivity contribution in [3.05, 3.63) is 82.0 Å². The highest BCUT2D eigenvalue weighted by molar-refractivity contribution is 6.38. The van der Waals surface area contributed by atoms with Gasteiger partial charge in [0.25, 0.3) is 5.91 Å². The monoisotopic (exact) mass is 445 g/mol. The topological polar surface area (TPSA) is 112 Å². The average molecular weight is 446 g/mol. The summed E-state index contributed by atoms with van der Waals surface area (Å²) in [6.45, 7) is 0. The van der Waals surface area contributed by atoms with E-state index in [4.69, 9.17) is 23.2 Å². The van der Waals surface area contributed by atoms with Crippen molar-refractivity contribution in [1.82, 2.24) is 10.3 Å². The molecule has 4 N–H and O–H groups in total. The molecule has 154 valence electrons. The molecule has 1 unspecified atom stereocenters. The summed E-state index contributed by atoms with van der Waals surface area (Å²) in [6.07, 6.45) is 1.71. The SMILES string of the molecule is O=C(NC(Cc1ccccc1)C(=O)Nc1ccccn1)c1cc(Cl)c(O)c(Cl)c1O. The van der Waals surface area contributed by atoms with Crippen molar-refractivity contribution in [2.24, 2.45) is 0 Å². The lowest BCUT2D eigenvalue weighted by molar-refractivity contribution is -0.118. The van der Waals surface area contributed by atoms with Crippen LogP contribution < -0.4 is 10.6 Å². The van der Waals surface area contributed by atoms with Crippen molar-refractivity contribution in [1.29, 1.82) is 0 Å². The average Bonchev–Trinajstić information content (AvgIpc) is 2.75. The van der Waals surface area contributed by atoms with Crippen LogP contribution in [0.2, 0.25) is 10.0 Å². The number of anilines is 1. The number of halogens is 2. The molecule has 2 amide bonds. The van der Waals surface area contributed by atoms with Gasteiger partial charge in [0, 0.05) is 12.6 Å². The number of phenolic OH excluding ortho intramolecular Hbond substituents is 2. The van der Waals surface area contributed by atoms with Crippen molar-refractivity contribution >= 4 is 40.8 Å². The molecule has 2 aromatic carbocycles. The van der Waals surface area contributed by atoms with Crippen LogP contribution in [0.4, 0.5) is 5.82 Å². The highest BCUT2D eigenvalue weighted by Crippen LogP contribution is 2.40. The third-order valence-corrected chi connectivity index (χ3v) is 4.88. The summed E-state index contributed by atoms with van der Waals surface area (Å²) in [5.74, 6) is -2.14. The van der Waals surface area contributed by atoms with Crippen LogP contribution in [0.1, 0.15) is 15.9 Å². The Morgan fingerprint density at radius 3 is 2.37 bits per heavy atom. The Kier molecular flexibility index (Phi) is 6.76. The molecular weight excluding hydrogens is 429 g/mol. The quantitative estimate of drug-likeness (QED) is 0.461. The number of benzene rings is 2. The van der Waals surface area contributed by atoms with Crippen LogP contribution >= 0.6 is 23.2 Å². The molecule has 9 heteroatoms. The number of aromatic nitrogens is 1. The molecule has 7 nitrogen and oxygen atoms in total. The molecule has 30 heavy (non-hydrogen) atoms. The maximum absolute atomic E-state index is 12.8. The summed E-state index contributed by atoms with van der Waals surface area (Å²) < 4.78 is 0. The highest BCUT2D eigenvalue weighted by Gasteiger charge is 2.26. The molecule has 1 heterocycles. The van der Waals surface area contributed by atoms with Gasteiger partial charge in [0.2, 0.25) is 5.91 Å². The minimum atomic E-state index is -0.993. The van der Waals surface area contributed by atoms with Crippen LogP contribution in [0.5, 0.6) is 11.5 Å². The number of phenols is 2. The molecule has 0 fully saturated rings. The third-order valence-electron chi connectivity index (χ3n) is 4.23. The lowest BCUT2D eigenvalue weighted by Crippen LogP contribution is -2.45. The van der Waals surface area contributed by atoms with E-state index in [-0.39, 0.29) is 17.0 Å². The first-order chi connectivity index (χ1) is 14.4. The fourth-order valence-corrected chi connectivity index (χ4v) is 3.17. The van der Waals surface area contributed by atoms with Crippen LogP contribution in [-0.4, -0.2) is 33.1 Å². The van der Waals surface area contributed by atoms with E-state index in [2.05, 4.69) is 15.6 Å². The third kappa shape index (κ3) is 5.00. The van der Waals surface area contributed by atoms with Crippen LogP contribution in [0.15, 0.2) is 60.8 Å². The van der Waals surface area contributed by atoms with E-state index in [0.717, 1.165) is 11.6 Å². The largest absolute Gasteiger partial charge is 0.505 e. The van der Waals surface area contributed by atoms with E-state index >= 15 is 0 Å². The van der Waals surface area contributed by atoms with Crippen LogP contribution in [0.3, 0.4) is 0 Å². The molecule has 0 spiro atoms. The van der Waals surface area contributed by atoms with E-state index < -0.39 is 34.4 Å². The van der Waals surface area contributed by atoms with E-state index in [1.54, 1.807) is 18.2 Å². The van der Waals surface area contributed by atoms with Gasteiger partial charge in [0.05, 0.1) is 10.6 Å². The Balaban J connectivity index is 1.86. The number of rotatable bonds is 6. The Bertz CT molecular complexity index is 1060. The molecular formula is C21H17Cl2N3O4. The summed E-state index contributed by atoms with van der Waals surface area (Å²) in [5.41, 5.74) is 0.538. The van der Waals surface area contributed by atoms with Crippen LogP contribution in [0, 0.1) is 0 Å². The molecule has 1 aromatic heterocycles. The van der Waals surface area contributed by atoms with Gasteiger partial charge in [-0.25, -0.2) is 4.98 Å². The molecule has 0 bridgehead atoms. The Hall–Kier alpha value is -3.29. The van der Waals surface area contributed by atoms with Gasteiger partial charge < -0.3 is 20.8 Å². The first-order valence-electron chi connectivity index (χ1n) is 8.83. The van der Waals surface area contributed by atoms with E-state index in [1.807, 2.05) is 30.3 Å². The van der Waals surface area contributed by atoms with Gasteiger partial charge in [-0.05, 0) is 23.8 Å². The molecule has 0 aliphatic heterocycles. The standard InChI is InChI=1S/C21H17Cl2N3O4/c22-14-11-13(18(27)17(23)19(14)28)20(29)25-15(10-12-6-2-1-3-7-12)21(30)26-16-8-4-5-9-24-16/h1-9,11,15,27-28H,10H2,(H,25,29)(H,24,26,30). The highest BCUT2D eigenvalue weighted by atomic mass is 35.5. The second kappa shape index (κ2) is 9.47. The van der Waals surface area contributed by atoms with Gasteiger partial charge in [-0.3, -0.25) is 9.59 Å². The zero-order valence-corrected chi connectivity index (χ0v) is 17.0. The molecule has 0 radical (unpaired) electrons. The molecule has 1 atom stereocenters. The maximum atomic E-state index is 12.8. The fourth-order valence-electron chi connectivity index (χ4n) is 2.72. The van der Waals surface area contributed by atoms with Crippen molar-refractivity contribution in [3.63, 3.8) is 0 Å². The first-order valence-corrected chi connectivity index (χ1v) is 9.59. The second-order valence-electron chi connectivity index (χ2n) is 6.34. The number of carbonyl (C=O) groups is 2. The maximum Gasteiger partial charge on any atom is 0.255 e. The summed E-state index contributed by atoms with van der Waals surface area (Å²) >= 11 is 11.7. The number of hydrogen-bond acceptors (Lipinski definition) is 5. The van der Waals surface area contributed by atoms with Gasteiger partial charge in [-0.15, -0.1) is 0 Å². The van der Waals surface area contributed by atoms with E-state index in [9.17, 15) is 19.8 Å². The molecule has 0 aliphatic rings. The lowest BCUT2D eigenvalue weighted by Gasteiger charge is -2.19. The van der Waals surface area contributed by atoms with Gasteiger partial charge in [0.15, 0.2) is 11.5 Å². The van der Waals surface area contributed by atoms with Crippen molar-refractivity contribution in [3.8, 4) is 11.5 Å². The van der Waals surface area contributed by atoms with Gasteiger partial charge in [0.1, 0.15) is 16.9 Å². The Morgan fingerprint density at radius 2 is 1.70 bits per heavy atom. The Labute approximate surface area is 182 Å². The zero-order chi connectivity index (χ0) is 21.7. The smallest absolute Gasteiger partial charge is 0.255 e. The number of hydrogen-bond donors (Lipinski definition) is 4. The number of nitrogens with one attached hydrogen (secondary N) is 2.